The van der Waals surface area contributed by atoms with Crippen molar-refractivity contribution in [2.24, 2.45) is 11.7 Å². The highest BCUT2D eigenvalue weighted by Crippen LogP contribution is 2.26. The van der Waals surface area contributed by atoms with Gasteiger partial charge in [0.2, 0.25) is 0 Å². The minimum Gasteiger partial charge on any atom is -0.334 e. The van der Waals surface area contributed by atoms with Crippen LogP contribution in [0, 0.1) is 19.8 Å². The van der Waals surface area contributed by atoms with E-state index in [1.165, 1.54) is 0 Å². The highest BCUT2D eigenvalue weighted by atomic mass is 16.2. The van der Waals surface area contributed by atoms with E-state index in [-0.39, 0.29) is 11.9 Å². The number of hydrogen-bond donors (Lipinski definition) is 1. The molecule has 0 saturated carbocycles. The molecule has 128 valence electrons. The molecule has 1 aromatic heterocycles. The van der Waals surface area contributed by atoms with E-state index >= 15 is 0 Å². The molecule has 1 aliphatic rings. The van der Waals surface area contributed by atoms with Gasteiger partial charge in [0.15, 0.2) is 0 Å². The molecule has 1 saturated heterocycles. The van der Waals surface area contributed by atoms with Gasteiger partial charge in [-0.1, -0.05) is 23.8 Å². The van der Waals surface area contributed by atoms with Crippen molar-refractivity contribution in [1.29, 1.82) is 0 Å². The third-order valence-electron chi connectivity index (χ3n) is 4.86. The van der Waals surface area contributed by atoms with Gasteiger partial charge in [0.25, 0.3) is 5.91 Å². The number of carbonyl (C=O) groups is 1. The standard InChI is InChI=1S/C18H25N5O/c1-12-6-7-16(23-11-14(3)20-21-23)15(9-12)18(24)22-8-4-5-13(2)17(22)10-19/h6-7,9,11,13,17H,4-5,8,10,19H2,1-3H3/t13-,17?/m1/s1. The first kappa shape index (κ1) is 16.6. The SMILES string of the molecule is Cc1ccc(-n2cc(C)nn2)c(C(=O)N2CCC[C@@H](C)C2CN)c1. The normalized spacial score (nSPS) is 21.1. The molecule has 1 amide bonds. The highest BCUT2D eigenvalue weighted by molar-refractivity contribution is 5.98. The van der Waals surface area contributed by atoms with Crippen LogP contribution in [0.25, 0.3) is 5.69 Å². The number of rotatable bonds is 3. The number of piperidine rings is 1. The van der Waals surface area contributed by atoms with E-state index in [0.717, 1.165) is 36.3 Å². The monoisotopic (exact) mass is 327 g/mol. The average Bonchev–Trinajstić information content (AvgIpc) is 3.00. The third kappa shape index (κ3) is 3.06. The molecule has 2 aromatic rings. The summed E-state index contributed by atoms with van der Waals surface area (Å²) in [6, 6.07) is 5.95. The van der Waals surface area contributed by atoms with E-state index in [1.54, 1.807) is 4.68 Å². The Morgan fingerprint density at radius 3 is 2.83 bits per heavy atom. The molecule has 0 bridgehead atoms. The molecular weight excluding hydrogens is 302 g/mol. The second-order valence-electron chi connectivity index (χ2n) is 6.75. The Morgan fingerprint density at radius 2 is 2.17 bits per heavy atom. The zero-order valence-electron chi connectivity index (χ0n) is 14.6. The molecule has 2 heterocycles. The topological polar surface area (TPSA) is 77.0 Å². The lowest BCUT2D eigenvalue weighted by molar-refractivity contribution is 0.0532. The Bertz CT molecular complexity index is 739. The lowest BCUT2D eigenvalue weighted by atomic mass is 9.90. The Balaban J connectivity index is 2.01. The number of amides is 1. The molecule has 24 heavy (non-hydrogen) atoms. The molecule has 0 radical (unpaired) electrons. The van der Waals surface area contributed by atoms with E-state index in [1.807, 2.05) is 43.1 Å². The molecule has 0 aliphatic carbocycles. The summed E-state index contributed by atoms with van der Waals surface area (Å²) in [6.07, 6.45) is 3.97. The fraction of sp³-hybridized carbons (Fsp3) is 0.500. The maximum absolute atomic E-state index is 13.3. The van der Waals surface area contributed by atoms with Crippen molar-refractivity contribution in [3.63, 3.8) is 0 Å². The molecular formula is C18H25N5O. The van der Waals surface area contributed by atoms with E-state index in [9.17, 15) is 4.79 Å². The average molecular weight is 327 g/mol. The number of likely N-dealkylation sites (tertiary alicyclic amines) is 1. The Morgan fingerprint density at radius 1 is 1.38 bits per heavy atom. The zero-order chi connectivity index (χ0) is 17.3. The van der Waals surface area contributed by atoms with Crippen molar-refractivity contribution in [3.8, 4) is 5.69 Å². The van der Waals surface area contributed by atoms with Crippen LogP contribution in [0.1, 0.15) is 41.4 Å². The fourth-order valence-electron chi connectivity index (χ4n) is 3.50. The molecule has 6 nitrogen and oxygen atoms in total. The van der Waals surface area contributed by atoms with Gasteiger partial charge < -0.3 is 10.6 Å². The van der Waals surface area contributed by atoms with Crippen molar-refractivity contribution in [2.75, 3.05) is 13.1 Å². The van der Waals surface area contributed by atoms with Crippen LogP contribution in [-0.2, 0) is 0 Å². The molecule has 6 heteroatoms. The Kier molecular flexibility index (Phi) is 4.66. The smallest absolute Gasteiger partial charge is 0.256 e. The summed E-state index contributed by atoms with van der Waals surface area (Å²) < 4.78 is 1.67. The van der Waals surface area contributed by atoms with Crippen molar-refractivity contribution in [2.45, 2.75) is 39.7 Å². The minimum absolute atomic E-state index is 0.0313. The van der Waals surface area contributed by atoms with Crippen LogP contribution >= 0.6 is 0 Å². The predicted molar refractivity (Wildman–Crippen MR) is 93.1 cm³/mol. The minimum atomic E-state index is 0.0313. The number of nitrogens with zero attached hydrogens (tertiary/aromatic N) is 4. The zero-order valence-corrected chi connectivity index (χ0v) is 14.6. The summed E-state index contributed by atoms with van der Waals surface area (Å²) in [4.78, 5) is 15.2. The molecule has 1 fully saturated rings. The number of aromatic nitrogens is 3. The largest absolute Gasteiger partial charge is 0.334 e. The number of nitrogens with two attached hydrogens (primary N) is 1. The van der Waals surface area contributed by atoms with Gasteiger partial charge in [-0.25, -0.2) is 4.68 Å². The third-order valence-corrected chi connectivity index (χ3v) is 4.86. The van der Waals surface area contributed by atoms with Crippen molar-refractivity contribution in [1.82, 2.24) is 19.9 Å². The van der Waals surface area contributed by atoms with Gasteiger partial charge in [0, 0.05) is 19.1 Å². The van der Waals surface area contributed by atoms with Gasteiger partial charge in [0.1, 0.15) is 0 Å². The lowest BCUT2D eigenvalue weighted by Gasteiger charge is -2.39. The molecule has 2 N–H and O–H groups in total. The van der Waals surface area contributed by atoms with Crippen LogP contribution in [-0.4, -0.2) is 44.9 Å². The number of hydrogen-bond acceptors (Lipinski definition) is 4. The van der Waals surface area contributed by atoms with E-state index in [0.29, 0.717) is 18.0 Å². The lowest BCUT2D eigenvalue weighted by Crippen LogP contribution is -2.51. The second kappa shape index (κ2) is 6.73. The van der Waals surface area contributed by atoms with Crippen molar-refractivity contribution >= 4 is 5.91 Å². The van der Waals surface area contributed by atoms with Gasteiger partial charge in [0.05, 0.1) is 23.1 Å². The summed E-state index contributed by atoms with van der Waals surface area (Å²) in [5, 5.41) is 8.17. The number of carbonyl (C=O) groups excluding carboxylic acids is 1. The van der Waals surface area contributed by atoms with Crippen molar-refractivity contribution < 1.29 is 4.79 Å². The number of aryl methyl sites for hydroxylation is 2. The maximum Gasteiger partial charge on any atom is 0.256 e. The number of benzene rings is 1. The second-order valence-corrected chi connectivity index (χ2v) is 6.75. The predicted octanol–water partition coefficient (Wildman–Crippen LogP) is 2.08. The van der Waals surface area contributed by atoms with Gasteiger partial charge in [-0.2, -0.15) is 0 Å². The van der Waals surface area contributed by atoms with Gasteiger partial charge in [-0.05, 0) is 44.7 Å². The first-order valence-corrected chi connectivity index (χ1v) is 8.52. The first-order valence-electron chi connectivity index (χ1n) is 8.52. The molecule has 3 rings (SSSR count). The molecule has 1 aromatic carbocycles. The van der Waals surface area contributed by atoms with Gasteiger partial charge >= 0.3 is 0 Å². The van der Waals surface area contributed by atoms with Crippen LogP contribution in [0.5, 0.6) is 0 Å². The molecule has 2 atom stereocenters. The van der Waals surface area contributed by atoms with Crippen LogP contribution < -0.4 is 5.73 Å². The first-order chi connectivity index (χ1) is 11.5. The summed E-state index contributed by atoms with van der Waals surface area (Å²) >= 11 is 0. The van der Waals surface area contributed by atoms with Crippen LogP contribution in [0.3, 0.4) is 0 Å². The molecule has 0 spiro atoms. The summed E-state index contributed by atoms with van der Waals surface area (Å²) in [7, 11) is 0. The van der Waals surface area contributed by atoms with Crippen LogP contribution in [0.15, 0.2) is 24.4 Å². The molecule has 1 unspecified atom stereocenters. The van der Waals surface area contributed by atoms with Crippen molar-refractivity contribution in [3.05, 3.63) is 41.2 Å². The summed E-state index contributed by atoms with van der Waals surface area (Å²) in [6.45, 7) is 7.31. The Labute approximate surface area is 142 Å². The molecule has 1 aliphatic heterocycles. The van der Waals surface area contributed by atoms with Gasteiger partial charge in [-0.15, -0.1) is 5.10 Å². The highest BCUT2D eigenvalue weighted by Gasteiger charge is 2.32. The van der Waals surface area contributed by atoms with E-state index in [4.69, 9.17) is 5.73 Å². The van der Waals surface area contributed by atoms with E-state index < -0.39 is 0 Å². The van der Waals surface area contributed by atoms with Crippen LogP contribution in [0.4, 0.5) is 0 Å². The summed E-state index contributed by atoms with van der Waals surface area (Å²) in [5.41, 5.74) is 9.25. The quantitative estimate of drug-likeness (QED) is 0.936. The van der Waals surface area contributed by atoms with E-state index in [2.05, 4.69) is 17.2 Å². The maximum atomic E-state index is 13.3. The fourth-order valence-corrected chi connectivity index (χ4v) is 3.50. The van der Waals surface area contributed by atoms with Crippen LogP contribution in [0.2, 0.25) is 0 Å². The van der Waals surface area contributed by atoms with Gasteiger partial charge in [-0.3, -0.25) is 4.79 Å². The summed E-state index contributed by atoms with van der Waals surface area (Å²) in [5.74, 6) is 0.457. The Hall–Kier alpha value is -2.21.